The van der Waals surface area contributed by atoms with Crippen molar-refractivity contribution in [3.8, 4) is 51.6 Å². The Morgan fingerprint density at radius 1 is 0.463 bits per heavy atom. The summed E-state index contributed by atoms with van der Waals surface area (Å²) in [5.41, 5.74) is 10.4. The molecule has 0 radical (unpaired) electrons. The lowest BCUT2D eigenvalue weighted by molar-refractivity contribution is 0.661. The Labute approximate surface area is 238 Å². The molecular weight excluding hydrogens is 498 g/mol. The first kappa shape index (κ1) is 24.4. The Morgan fingerprint density at radius 3 is 1.37 bits per heavy atom. The molecule has 0 heterocycles. The standard InChI is InChI=1S/C38H23N3/c1-38(2)34-18-32(26-13-11-23(20-39)12-14-26)28-7-3-5-9-30(28)36(34)37-31-10-6-4-8-29(31)33(19-35(37)38)27-16-24(21-40)15-25(17-27)22-41/h3-19H,1-2H3. The van der Waals surface area contributed by atoms with E-state index in [2.05, 4.69) is 86.7 Å². The van der Waals surface area contributed by atoms with Crippen LogP contribution in [0.4, 0.5) is 0 Å². The smallest absolute Gasteiger partial charge is 0.0992 e. The summed E-state index contributed by atoms with van der Waals surface area (Å²) in [5, 5.41) is 33.3. The highest BCUT2D eigenvalue weighted by atomic mass is 14.4. The molecule has 0 atom stereocenters. The molecule has 190 valence electrons. The second kappa shape index (κ2) is 8.93. The van der Waals surface area contributed by atoms with Gasteiger partial charge in [0.2, 0.25) is 0 Å². The Balaban J connectivity index is 1.58. The van der Waals surface area contributed by atoms with Gasteiger partial charge in [0, 0.05) is 5.41 Å². The van der Waals surface area contributed by atoms with E-state index in [1.165, 1.54) is 33.0 Å². The third kappa shape index (κ3) is 3.56. The van der Waals surface area contributed by atoms with E-state index in [-0.39, 0.29) is 5.41 Å². The van der Waals surface area contributed by atoms with Gasteiger partial charge in [-0.15, -0.1) is 0 Å². The monoisotopic (exact) mass is 521 g/mol. The lowest BCUT2D eigenvalue weighted by Gasteiger charge is -2.24. The zero-order valence-electron chi connectivity index (χ0n) is 22.7. The minimum Gasteiger partial charge on any atom is -0.192 e. The molecule has 0 amide bonds. The van der Waals surface area contributed by atoms with E-state index >= 15 is 0 Å². The fourth-order valence-electron chi connectivity index (χ4n) is 6.53. The number of hydrogen-bond donors (Lipinski definition) is 0. The molecule has 0 N–H and O–H groups in total. The molecule has 1 aliphatic carbocycles. The Hall–Kier alpha value is -5.69. The summed E-state index contributed by atoms with van der Waals surface area (Å²) < 4.78 is 0. The Bertz CT molecular complexity index is 2170. The van der Waals surface area contributed by atoms with Gasteiger partial charge in [-0.2, -0.15) is 15.8 Å². The van der Waals surface area contributed by atoms with Crippen molar-refractivity contribution in [3.63, 3.8) is 0 Å². The molecule has 1 aliphatic rings. The molecule has 6 aromatic carbocycles. The quantitative estimate of drug-likeness (QED) is 0.228. The van der Waals surface area contributed by atoms with Gasteiger partial charge in [-0.1, -0.05) is 74.5 Å². The van der Waals surface area contributed by atoms with Crippen LogP contribution in [0.5, 0.6) is 0 Å². The second-order valence-electron chi connectivity index (χ2n) is 11.1. The molecular formula is C38H23N3. The van der Waals surface area contributed by atoms with Crippen LogP contribution in [-0.2, 0) is 5.41 Å². The molecule has 0 spiro atoms. The number of nitrogens with zero attached hydrogens (tertiary/aromatic N) is 3. The fourth-order valence-corrected chi connectivity index (χ4v) is 6.53. The molecule has 6 aromatic rings. The highest BCUT2D eigenvalue weighted by Gasteiger charge is 2.39. The van der Waals surface area contributed by atoms with Crippen LogP contribution >= 0.6 is 0 Å². The van der Waals surface area contributed by atoms with Crippen LogP contribution in [0.2, 0.25) is 0 Å². The molecule has 0 saturated heterocycles. The van der Waals surface area contributed by atoms with Crippen LogP contribution in [-0.4, -0.2) is 0 Å². The normalized spacial score (nSPS) is 12.8. The van der Waals surface area contributed by atoms with Crippen LogP contribution in [0.3, 0.4) is 0 Å². The lowest BCUT2D eigenvalue weighted by atomic mass is 9.79. The van der Waals surface area contributed by atoms with Gasteiger partial charge in [0.15, 0.2) is 0 Å². The van der Waals surface area contributed by atoms with Gasteiger partial charge in [-0.05, 0) is 109 Å². The van der Waals surface area contributed by atoms with Crippen LogP contribution in [0.15, 0.2) is 103 Å². The SMILES string of the molecule is CC1(C)c2cc(-c3ccc(C#N)cc3)c3ccccc3c2-c2c1cc(-c1cc(C#N)cc(C#N)c1)c1ccccc21. The summed E-state index contributed by atoms with van der Waals surface area (Å²) in [4.78, 5) is 0. The molecule has 3 nitrogen and oxygen atoms in total. The molecule has 7 rings (SSSR count). The third-order valence-electron chi connectivity index (χ3n) is 8.51. The zero-order chi connectivity index (χ0) is 28.3. The molecule has 0 saturated carbocycles. The minimum absolute atomic E-state index is 0.306. The van der Waals surface area contributed by atoms with E-state index in [0.29, 0.717) is 16.7 Å². The second-order valence-corrected chi connectivity index (χ2v) is 11.1. The predicted molar refractivity (Wildman–Crippen MR) is 164 cm³/mol. The molecule has 41 heavy (non-hydrogen) atoms. The molecule has 0 fully saturated rings. The van der Waals surface area contributed by atoms with E-state index in [1.54, 1.807) is 6.07 Å². The lowest BCUT2D eigenvalue weighted by Crippen LogP contribution is -2.15. The van der Waals surface area contributed by atoms with Gasteiger partial charge in [-0.3, -0.25) is 0 Å². The van der Waals surface area contributed by atoms with Crippen LogP contribution in [0.25, 0.3) is 54.9 Å². The summed E-state index contributed by atoms with van der Waals surface area (Å²) in [6.07, 6.45) is 0. The van der Waals surface area contributed by atoms with Gasteiger partial charge in [0.05, 0.1) is 34.9 Å². The topological polar surface area (TPSA) is 71.4 Å². The highest BCUT2D eigenvalue weighted by molar-refractivity contribution is 6.16. The number of rotatable bonds is 2. The van der Waals surface area contributed by atoms with Gasteiger partial charge < -0.3 is 0 Å². The summed E-state index contributed by atoms with van der Waals surface area (Å²) in [6, 6.07) is 41.5. The van der Waals surface area contributed by atoms with Crippen molar-refractivity contribution in [2.75, 3.05) is 0 Å². The number of fused-ring (bicyclic) bond motifs is 7. The Kier molecular flexibility index (Phi) is 5.30. The van der Waals surface area contributed by atoms with E-state index < -0.39 is 0 Å². The number of hydrogen-bond acceptors (Lipinski definition) is 3. The first-order chi connectivity index (χ1) is 19.9. The first-order valence-electron chi connectivity index (χ1n) is 13.5. The van der Waals surface area contributed by atoms with Gasteiger partial charge >= 0.3 is 0 Å². The average Bonchev–Trinajstić information content (AvgIpc) is 3.26. The van der Waals surface area contributed by atoms with Crippen LogP contribution in [0, 0.1) is 34.0 Å². The average molecular weight is 522 g/mol. The Morgan fingerprint density at radius 2 is 0.902 bits per heavy atom. The van der Waals surface area contributed by atoms with Crippen molar-refractivity contribution in [2.45, 2.75) is 19.3 Å². The van der Waals surface area contributed by atoms with E-state index in [1.807, 2.05) is 42.5 Å². The molecule has 3 heteroatoms. The van der Waals surface area contributed by atoms with Crippen molar-refractivity contribution in [1.82, 2.24) is 0 Å². The number of benzene rings is 6. The summed E-state index contributed by atoms with van der Waals surface area (Å²) in [7, 11) is 0. The molecule has 0 bridgehead atoms. The predicted octanol–water partition coefficient (Wildman–Crippen LogP) is 9.25. The molecule has 0 aliphatic heterocycles. The van der Waals surface area contributed by atoms with Crippen molar-refractivity contribution in [3.05, 3.63) is 131 Å². The van der Waals surface area contributed by atoms with Gasteiger partial charge in [-0.25, -0.2) is 0 Å². The maximum atomic E-state index is 9.67. The van der Waals surface area contributed by atoms with Gasteiger partial charge in [0.1, 0.15) is 0 Å². The number of nitriles is 3. The maximum absolute atomic E-state index is 9.67. The summed E-state index contributed by atoms with van der Waals surface area (Å²) >= 11 is 0. The van der Waals surface area contributed by atoms with Crippen molar-refractivity contribution >= 4 is 21.5 Å². The highest BCUT2D eigenvalue weighted by Crippen LogP contribution is 2.56. The minimum atomic E-state index is -0.306. The van der Waals surface area contributed by atoms with E-state index in [9.17, 15) is 15.8 Å². The largest absolute Gasteiger partial charge is 0.192 e. The van der Waals surface area contributed by atoms with Crippen LogP contribution < -0.4 is 0 Å². The van der Waals surface area contributed by atoms with E-state index in [0.717, 1.165) is 33.0 Å². The fraction of sp³-hybridized carbons (Fsp3) is 0.0789. The zero-order valence-corrected chi connectivity index (χ0v) is 22.7. The van der Waals surface area contributed by atoms with E-state index in [4.69, 9.17) is 0 Å². The van der Waals surface area contributed by atoms with Crippen LogP contribution in [0.1, 0.15) is 41.7 Å². The summed E-state index contributed by atoms with van der Waals surface area (Å²) in [6.45, 7) is 4.56. The van der Waals surface area contributed by atoms with Gasteiger partial charge in [0.25, 0.3) is 0 Å². The van der Waals surface area contributed by atoms with Crippen molar-refractivity contribution < 1.29 is 0 Å². The first-order valence-corrected chi connectivity index (χ1v) is 13.5. The van der Waals surface area contributed by atoms with Crippen molar-refractivity contribution in [1.29, 1.82) is 15.8 Å². The summed E-state index contributed by atoms with van der Waals surface area (Å²) in [5.74, 6) is 0. The molecule has 0 aromatic heterocycles. The maximum Gasteiger partial charge on any atom is 0.0992 e. The molecule has 0 unspecified atom stereocenters. The third-order valence-corrected chi connectivity index (χ3v) is 8.51. The van der Waals surface area contributed by atoms with Crippen molar-refractivity contribution in [2.24, 2.45) is 0 Å².